The molecule has 1 fully saturated rings. The van der Waals surface area contributed by atoms with Crippen LogP contribution in [0.3, 0.4) is 0 Å². The largest absolute Gasteiger partial charge is 2.00 e. The van der Waals surface area contributed by atoms with Crippen molar-refractivity contribution in [2.75, 3.05) is 0 Å². The van der Waals surface area contributed by atoms with Crippen LogP contribution in [0.5, 0.6) is 0 Å². The van der Waals surface area contributed by atoms with Crippen LogP contribution in [0.15, 0.2) is 90.0 Å². The summed E-state index contributed by atoms with van der Waals surface area (Å²) in [6.45, 7) is 21.1. The van der Waals surface area contributed by atoms with Crippen molar-refractivity contribution >= 4 is 0 Å². The summed E-state index contributed by atoms with van der Waals surface area (Å²) in [5, 5.41) is 0. The van der Waals surface area contributed by atoms with Crippen molar-refractivity contribution in [1.29, 1.82) is 0 Å². The summed E-state index contributed by atoms with van der Waals surface area (Å²) >= 11 is 0. The smallest absolute Gasteiger partial charge is 1.00 e. The van der Waals surface area contributed by atoms with Crippen LogP contribution in [0.25, 0.3) is 11.1 Å². The van der Waals surface area contributed by atoms with E-state index in [1.165, 1.54) is 57.4 Å². The van der Waals surface area contributed by atoms with Gasteiger partial charge in [-0.2, -0.15) is 0 Å². The Bertz CT molecular complexity index is 1450. The molecule has 2 atom stereocenters. The van der Waals surface area contributed by atoms with E-state index in [1.807, 2.05) is 0 Å². The average Bonchev–Trinajstić information content (AvgIpc) is 3.53. The van der Waals surface area contributed by atoms with E-state index in [0.29, 0.717) is 11.8 Å². The molecule has 0 bridgehead atoms. The van der Waals surface area contributed by atoms with Crippen LogP contribution in [0.4, 0.5) is 0 Å². The predicted molar refractivity (Wildman–Crippen MR) is 168 cm³/mol. The van der Waals surface area contributed by atoms with E-state index in [1.54, 1.807) is 5.57 Å². The molecular formula is C39H46Cl2Zr. The maximum absolute atomic E-state index is 2.65. The second-order valence-corrected chi connectivity index (χ2v) is 15.5. The van der Waals surface area contributed by atoms with Gasteiger partial charge in [-0.1, -0.05) is 147 Å². The second-order valence-electron chi connectivity index (χ2n) is 15.5. The molecule has 220 valence electrons. The van der Waals surface area contributed by atoms with Crippen molar-refractivity contribution in [1.82, 2.24) is 0 Å². The number of halogens is 2. The number of allylic oxidation sites excluding steroid dienone is 4. The van der Waals surface area contributed by atoms with Gasteiger partial charge in [-0.3, -0.25) is 0 Å². The molecule has 42 heavy (non-hydrogen) atoms. The third-order valence-corrected chi connectivity index (χ3v) is 9.91. The summed E-state index contributed by atoms with van der Waals surface area (Å²) in [5.41, 5.74) is 13.8. The zero-order valence-electron chi connectivity index (χ0n) is 26.8. The first-order valence-corrected chi connectivity index (χ1v) is 15.0. The SMILES string of the molecule is CC(C)(C)C1=CC2C(=C1)CCC2(c1ccccc1)C1c2ccc(C(C)(C)C)cc2-c2cc(C(C)(C)C)ccc21.[Cl-].[Cl-].[Zr+2]. The molecule has 3 aromatic carbocycles. The second kappa shape index (κ2) is 11.8. The third kappa shape index (κ3) is 5.61. The Labute approximate surface area is 286 Å². The first-order valence-electron chi connectivity index (χ1n) is 15.0. The molecule has 3 aliphatic carbocycles. The molecule has 0 radical (unpaired) electrons. The van der Waals surface area contributed by atoms with Crippen molar-refractivity contribution in [3.05, 3.63) is 118 Å². The molecule has 0 aromatic heterocycles. The van der Waals surface area contributed by atoms with Gasteiger partial charge in [-0.05, 0) is 73.6 Å². The number of benzene rings is 3. The van der Waals surface area contributed by atoms with Gasteiger partial charge in [-0.25, -0.2) is 0 Å². The van der Waals surface area contributed by atoms with Gasteiger partial charge in [0, 0.05) is 17.3 Å². The minimum atomic E-state index is 0. The molecule has 3 aromatic rings. The molecule has 0 nitrogen and oxygen atoms in total. The normalized spacial score (nSPS) is 21.2. The first-order chi connectivity index (χ1) is 18.2. The quantitative estimate of drug-likeness (QED) is 0.371. The number of rotatable bonds is 2. The summed E-state index contributed by atoms with van der Waals surface area (Å²) < 4.78 is 0. The van der Waals surface area contributed by atoms with E-state index in [0.717, 1.165) is 0 Å². The molecule has 2 unspecified atom stereocenters. The molecule has 0 spiro atoms. The van der Waals surface area contributed by atoms with Crippen LogP contribution in [-0.2, 0) is 42.4 Å². The number of hydrogen-bond acceptors (Lipinski definition) is 0. The van der Waals surface area contributed by atoms with Crippen molar-refractivity contribution in [2.24, 2.45) is 11.3 Å². The fourth-order valence-corrected chi connectivity index (χ4v) is 7.61. The van der Waals surface area contributed by atoms with E-state index in [4.69, 9.17) is 0 Å². The maximum atomic E-state index is 2.65. The van der Waals surface area contributed by atoms with Crippen LogP contribution >= 0.6 is 0 Å². The monoisotopic (exact) mass is 674 g/mol. The molecule has 1 saturated carbocycles. The van der Waals surface area contributed by atoms with E-state index in [9.17, 15) is 0 Å². The van der Waals surface area contributed by atoms with Gasteiger partial charge >= 0.3 is 26.2 Å². The summed E-state index contributed by atoms with van der Waals surface area (Å²) in [6, 6.07) is 26.4. The molecule has 3 heteroatoms. The number of hydrogen-bond donors (Lipinski definition) is 0. The van der Waals surface area contributed by atoms with E-state index in [-0.39, 0.29) is 72.7 Å². The van der Waals surface area contributed by atoms with Gasteiger partial charge in [0.25, 0.3) is 0 Å². The molecule has 0 saturated heterocycles. The molecule has 0 amide bonds. The molecule has 0 N–H and O–H groups in total. The van der Waals surface area contributed by atoms with Gasteiger partial charge in [0.1, 0.15) is 0 Å². The zero-order chi connectivity index (χ0) is 28.0. The Morgan fingerprint density at radius 2 is 1.14 bits per heavy atom. The standard InChI is InChI=1S/C39H46.2ClH.Zr/c1-36(2,3)27-15-17-30-32(22-27)33-23-28(37(4,5)6)16-18-31(33)35(30)39(26-13-11-10-12-14-26)20-19-25-21-29(24-34(25)39)38(7,8)9;;;/h10-18,21-24,34-35H,19-20H2,1-9H3;2*1H;/q;;;+2/p-2. The van der Waals surface area contributed by atoms with E-state index >= 15 is 0 Å². The molecular weight excluding hydrogens is 631 g/mol. The predicted octanol–water partition coefficient (Wildman–Crippen LogP) is 4.66. The Morgan fingerprint density at radius 1 is 0.643 bits per heavy atom. The average molecular weight is 677 g/mol. The molecule has 0 aliphatic heterocycles. The van der Waals surface area contributed by atoms with E-state index in [2.05, 4.69) is 141 Å². The molecule has 3 aliphatic rings. The first kappa shape index (κ1) is 35.1. The number of fused-ring (bicyclic) bond motifs is 4. The van der Waals surface area contributed by atoms with Gasteiger partial charge < -0.3 is 24.8 Å². The van der Waals surface area contributed by atoms with Crippen LogP contribution in [0, 0.1) is 11.3 Å². The fourth-order valence-electron chi connectivity index (χ4n) is 7.61. The maximum Gasteiger partial charge on any atom is 2.00 e. The van der Waals surface area contributed by atoms with Crippen LogP contribution in [-0.4, -0.2) is 0 Å². The van der Waals surface area contributed by atoms with Crippen LogP contribution < -0.4 is 24.8 Å². The topological polar surface area (TPSA) is 0 Å². The zero-order valence-corrected chi connectivity index (χ0v) is 30.8. The Morgan fingerprint density at radius 3 is 1.60 bits per heavy atom. The van der Waals surface area contributed by atoms with E-state index < -0.39 is 0 Å². The van der Waals surface area contributed by atoms with Crippen molar-refractivity contribution in [2.45, 2.75) is 97.3 Å². The van der Waals surface area contributed by atoms with Gasteiger partial charge in [-0.15, -0.1) is 0 Å². The van der Waals surface area contributed by atoms with Crippen molar-refractivity contribution in [3.8, 4) is 11.1 Å². The van der Waals surface area contributed by atoms with Gasteiger partial charge in [0.05, 0.1) is 0 Å². The molecule has 0 heterocycles. The van der Waals surface area contributed by atoms with Gasteiger partial charge in [0.2, 0.25) is 0 Å². The summed E-state index contributed by atoms with van der Waals surface area (Å²) in [7, 11) is 0. The van der Waals surface area contributed by atoms with Crippen molar-refractivity contribution in [3.63, 3.8) is 0 Å². The third-order valence-electron chi connectivity index (χ3n) is 9.91. The summed E-state index contributed by atoms with van der Waals surface area (Å²) in [4.78, 5) is 0. The minimum absolute atomic E-state index is 0. The summed E-state index contributed by atoms with van der Waals surface area (Å²) in [5.74, 6) is 0.766. The Hall–Kier alpha value is -1.40. The Kier molecular flexibility index (Phi) is 9.89. The van der Waals surface area contributed by atoms with Gasteiger partial charge in [0.15, 0.2) is 0 Å². The van der Waals surface area contributed by atoms with Crippen LogP contribution in [0.2, 0.25) is 0 Å². The Balaban J connectivity index is 0.00000161. The summed E-state index contributed by atoms with van der Waals surface area (Å²) in [6.07, 6.45) is 7.57. The van der Waals surface area contributed by atoms with Crippen molar-refractivity contribution < 1.29 is 51.0 Å². The fraction of sp³-hybridized carbons (Fsp3) is 0.436. The molecule has 6 rings (SSSR count). The minimum Gasteiger partial charge on any atom is -1.00 e. The van der Waals surface area contributed by atoms with Crippen LogP contribution in [0.1, 0.15) is 109 Å².